The second kappa shape index (κ2) is 6.73. The number of benzene rings is 2. The first-order chi connectivity index (χ1) is 9.63. The van der Waals surface area contributed by atoms with E-state index >= 15 is 0 Å². The van der Waals surface area contributed by atoms with E-state index in [2.05, 4.69) is 5.32 Å². The van der Waals surface area contributed by atoms with Crippen molar-refractivity contribution in [3.05, 3.63) is 52.0 Å². The molecule has 5 heteroatoms. The van der Waals surface area contributed by atoms with Crippen LogP contribution in [0.25, 0.3) is 0 Å². The topological polar surface area (TPSA) is 30.5 Å². The quantitative estimate of drug-likeness (QED) is 0.873. The van der Waals surface area contributed by atoms with Gasteiger partial charge in [0.1, 0.15) is 11.5 Å². The highest BCUT2D eigenvalue weighted by Gasteiger charge is 2.05. The molecule has 0 aliphatic carbocycles. The Morgan fingerprint density at radius 2 is 1.65 bits per heavy atom. The molecule has 0 aromatic heterocycles. The van der Waals surface area contributed by atoms with Crippen molar-refractivity contribution in [1.29, 1.82) is 0 Å². The molecule has 2 aromatic rings. The van der Waals surface area contributed by atoms with Gasteiger partial charge in [0.25, 0.3) is 0 Å². The van der Waals surface area contributed by atoms with Crippen LogP contribution in [0.3, 0.4) is 0 Å². The number of hydrogen-bond donors (Lipinski definition) is 1. The van der Waals surface area contributed by atoms with E-state index in [0.29, 0.717) is 16.6 Å². The molecular weight excluding hydrogens is 297 g/mol. The Morgan fingerprint density at radius 3 is 2.25 bits per heavy atom. The zero-order valence-electron chi connectivity index (χ0n) is 11.2. The van der Waals surface area contributed by atoms with Crippen LogP contribution in [0.1, 0.15) is 5.56 Å². The molecule has 0 spiro atoms. The summed E-state index contributed by atoms with van der Waals surface area (Å²) in [6.07, 6.45) is 0. The van der Waals surface area contributed by atoms with Gasteiger partial charge < -0.3 is 14.8 Å². The normalized spacial score (nSPS) is 10.2. The first kappa shape index (κ1) is 14.8. The Hall–Kier alpha value is -1.58. The maximum atomic E-state index is 6.16. The summed E-state index contributed by atoms with van der Waals surface area (Å²) in [5, 5.41) is 4.39. The first-order valence-corrected chi connectivity index (χ1v) is 6.79. The average molecular weight is 312 g/mol. The van der Waals surface area contributed by atoms with E-state index in [9.17, 15) is 0 Å². The minimum atomic E-state index is 0.550. The van der Waals surface area contributed by atoms with Gasteiger partial charge in [0.2, 0.25) is 0 Å². The number of anilines is 1. The molecule has 0 atom stereocenters. The smallest absolute Gasteiger partial charge is 0.124 e. The summed E-state index contributed by atoms with van der Waals surface area (Å²) in [4.78, 5) is 0. The van der Waals surface area contributed by atoms with Crippen molar-refractivity contribution in [2.75, 3.05) is 19.5 Å². The molecular formula is C15H15Cl2NO2. The Labute approximate surface area is 128 Å². The molecule has 0 saturated carbocycles. The second-order valence-corrected chi connectivity index (χ2v) is 4.95. The van der Waals surface area contributed by atoms with Gasteiger partial charge in [-0.1, -0.05) is 35.3 Å². The summed E-state index contributed by atoms with van der Waals surface area (Å²) in [6.45, 7) is 0.565. The fourth-order valence-corrected chi connectivity index (χ4v) is 2.18. The maximum absolute atomic E-state index is 6.16. The van der Waals surface area contributed by atoms with Crippen LogP contribution >= 0.6 is 23.2 Å². The SMILES string of the molecule is COc1cc(NCc2cccc(Cl)c2Cl)cc(OC)c1. The molecule has 2 rings (SSSR count). The van der Waals surface area contributed by atoms with Crippen molar-refractivity contribution >= 4 is 28.9 Å². The summed E-state index contributed by atoms with van der Waals surface area (Å²) in [7, 11) is 3.23. The number of rotatable bonds is 5. The van der Waals surface area contributed by atoms with Crippen LogP contribution in [0.5, 0.6) is 11.5 Å². The van der Waals surface area contributed by atoms with Crippen LogP contribution in [-0.2, 0) is 6.54 Å². The van der Waals surface area contributed by atoms with Crippen molar-refractivity contribution in [3.8, 4) is 11.5 Å². The van der Waals surface area contributed by atoms with E-state index in [0.717, 1.165) is 22.7 Å². The highest BCUT2D eigenvalue weighted by atomic mass is 35.5. The van der Waals surface area contributed by atoms with Crippen molar-refractivity contribution in [2.45, 2.75) is 6.54 Å². The lowest BCUT2D eigenvalue weighted by atomic mass is 10.2. The predicted molar refractivity (Wildman–Crippen MR) is 83.3 cm³/mol. The van der Waals surface area contributed by atoms with Crippen LogP contribution in [0, 0.1) is 0 Å². The van der Waals surface area contributed by atoms with Crippen molar-refractivity contribution in [1.82, 2.24) is 0 Å². The molecule has 20 heavy (non-hydrogen) atoms. The standard InChI is InChI=1S/C15H15Cl2NO2/c1-19-12-6-11(7-13(8-12)20-2)18-9-10-4-3-5-14(16)15(10)17/h3-8,18H,9H2,1-2H3. The van der Waals surface area contributed by atoms with Crippen LogP contribution < -0.4 is 14.8 Å². The van der Waals surface area contributed by atoms with Crippen LogP contribution in [0.4, 0.5) is 5.69 Å². The number of ether oxygens (including phenoxy) is 2. The molecule has 0 radical (unpaired) electrons. The molecule has 0 amide bonds. The van der Waals surface area contributed by atoms with E-state index in [1.54, 1.807) is 20.3 Å². The monoisotopic (exact) mass is 311 g/mol. The van der Waals surface area contributed by atoms with E-state index in [4.69, 9.17) is 32.7 Å². The number of nitrogens with one attached hydrogen (secondary N) is 1. The van der Waals surface area contributed by atoms with Gasteiger partial charge in [-0.15, -0.1) is 0 Å². The Balaban J connectivity index is 2.16. The summed E-state index contributed by atoms with van der Waals surface area (Å²) >= 11 is 12.1. The van der Waals surface area contributed by atoms with Gasteiger partial charge in [-0.25, -0.2) is 0 Å². The van der Waals surface area contributed by atoms with Gasteiger partial charge in [-0.2, -0.15) is 0 Å². The summed E-state index contributed by atoms with van der Waals surface area (Å²) < 4.78 is 10.5. The molecule has 2 aromatic carbocycles. The Morgan fingerprint density at radius 1 is 1.00 bits per heavy atom. The third-order valence-electron chi connectivity index (χ3n) is 2.87. The molecule has 0 unspecified atom stereocenters. The molecule has 3 nitrogen and oxygen atoms in total. The van der Waals surface area contributed by atoms with Gasteiger partial charge in [-0.05, 0) is 11.6 Å². The molecule has 0 fully saturated rings. The number of halogens is 2. The number of hydrogen-bond acceptors (Lipinski definition) is 3. The fourth-order valence-electron chi connectivity index (χ4n) is 1.79. The lowest BCUT2D eigenvalue weighted by molar-refractivity contribution is 0.394. The average Bonchev–Trinajstić information content (AvgIpc) is 2.48. The van der Waals surface area contributed by atoms with Crippen molar-refractivity contribution in [3.63, 3.8) is 0 Å². The molecule has 0 aliphatic heterocycles. The summed E-state index contributed by atoms with van der Waals surface area (Å²) in [5.41, 5.74) is 1.82. The summed E-state index contributed by atoms with van der Waals surface area (Å²) in [6, 6.07) is 11.2. The first-order valence-electron chi connectivity index (χ1n) is 6.04. The minimum Gasteiger partial charge on any atom is -0.497 e. The molecule has 0 heterocycles. The second-order valence-electron chi connectivity index (χ2n) is 4.17. The third kappa shape index (κ3) is 3.50. The van der Waals surface area contributed by atoms with E-state index in [1.165, 1.54) is 0 Å². The zero-order valence-corrected chi connectivity index (χ0v) is 12.8. The zero-order chi connectivity index (χ0) is 14.5. The van der Waals surface area contributed by atoms with E-state index < -0.39 is 0 Å². The summed E-state index contributed by atoms with van der Waals surface area (Å²) in [5.74, 6) is 1.45. The number of methoxy groups -OCH3 is 2. The molecule has 1 N–H and O–H groups in total. The fraction of sp³-hybridized carbons (Fsp3) is 0.200. The Bertz CT molecular complexity index is 580. The van der Waals surface area contributed by atoms with E-state index in [1.807, 2.05) is 30.3 Å². The predicted octanol–water partition coefficient (Wildman–Crippen LogP) is 4.62. The van der Waals surface area contributed by atoms with Crippen molar-refractivity contribution < 1.29 is 9.47 Å². The van der Waals surface area contributed by atoms with Gasteiger partial charge in [-0.3, -0.25) is 0 Å². The van der Waals surface area contributed by atoms with Crippen LogP contribution in [0.2, 0.25) is 10.0 Å². The lowest BCUT2D eigenvalue weighted by Crippen LogP contribution is -2.01. The van der Waals surface area contributed by atoms with E-state index in [-0.39, 0.29) is 0 Å². The largest absolute Gasteiger partial charge is 0.497 e. The minimum absolute atomic E-state index is 0.550. The van der Waals surface area contributed by atoms with Gasteiger partial charge >= 0.3 is 0 Å². The molecule has 106 valence electrons. The van der Waals surface area contributed by atoms with Gasteiger partial charge in [0.15, 0.2) is 0 Å². The third-order valence-corrected chi connectivity index (χ3v) is 3.72. The van der Waals surface area contributed by atoms with Gasteiger partial charge in [0, 0.05) is 30.4 Å². The molecule has 0 saturated heterocycles. The highest BCUT2D eigenvalue weighted by Crippen LogP contribution is 2.28. The van der Waals surface area contributed by atoms with Crippen LogP contribution in [0.15, 0.2) is 36.4 Å². The van der Waals surface area contributed by atoms with Crippen LogP contribution in [-0.4, -0.2) is 14.2 Å². The van der Waals surface area contributed by atoms with Gasteiger partial charge in [0.05, 0.1) is 24.3 Å². The molecule has 0 bridgehead atoms. The lowest BCUT2D eigenvalue weighted by Gasteiger charge is -2.12. The Kier molecular flexibility index (Phi) is 4.99. The highest BCUT2D eigenvalue weighted by molar-refractivity contribution is 6.42. The molecule has 0 aliphatic rings. The maximum Gasteiger partial charge on any atom is 0.124 e. The van der Waals surface area contributed by atoms with Crippen molar-refractivity contribution in [2.24, 2.45) is 0 Å².